The number of rotatable bonds is 14. The first kappa shape index (κ1) is 46.9. The van der Waals surface area contributed by atoms with Crippen LogP contribution in [0.4, 0.5) is 0 Å². The summed E-state index contributed by atoms with van der Waals surface area (Å²) in [5, 5.41) is 0. The quantitative estimate of drug-likeness (QED) is 0.153. The molecule has 52 heavy (non-hydrogen) atoms. The molecular formula is C42H98Si10. The average molecular weight is 884 g/mol. The first-order valence-electron chi connectivity index (χ1n) is 23.5. The Hall–Kier alpha value is 2.17. The molecule has 4 aliphatic rings. The van der Waals surface area contributed by atoms with Gasteiger partial charge in [0.1, 0.15) is 0 Å². The highest BCUT2D eigenvalue weighted by Gasteiger charge is 3.24. The molecule has 4 heterocycles. The molecule has 10 heteroatoms. The minimum absolute atomic E-state index is 1.01. The van der Waals surface area contributed by atoms with Crippen LogP contribution in [0.3, 0.4) is 0 Å². The van der Waals surface area contributed by atoms with Crippen molar-refractivity contribution < 1.29 is 0 Å². The Kier molecular flexibility index (Phi) is 12.0. The van der Waals surface area contributed by atoms with Gasteiger partial charge in [0.2, 0.25) is 0 Å². The standard InChI is InChI=1S/C42H98Si10/c1-29(2)43(30(3)4)44(31(5)6,32(7)8)48(38(19)20)47(43,37(17)18)51(41(25)26)49(39(21)22)45(33(9)10,34(11)12)46(35(13)14,36(15)16)50(49,40(23)24)52(48,51)42(27)28/h29-42H,1-28H3/t47-,48+,49-,50+,51?,52?. The summed E-state index contributed by atoms with van der Waals surface area (Å²) < 4.78 is 0. The van der Waals surface area contributed by atoms with Gasteiger partial charge in [-0.1, -0.05) is 271 Å². The molecule has 0 saturated carbocycles. The lowest BCUT2D eigenvalue weighted by molar-refractivity contribution is 0.856. The fraction of sp³-hybridized carbons (Fsp3) is 1.00. The van der Waals surface area contributed by atoms with Crippen LogP contribution in [0.2, 0.25) is 77.6 Å². The van der Waals surface area contributed by atoms with E-state index < -0.39 is 68.2 Å². The van der Waals surface area contributed by atoms with Crippen molar-refractivity contribution >= 4 is 68.2 Å². The second kappa shape index (κ2) is 13.3. The van der Waals surface area contributed by atoms with Gasteiger partial charge in [-0.3, -0.25) is 0 Å². The van der Waals surface area contributed by atoms with E-state index in [1.807, 2.05) is 0 Å². The normalized spacial score (nSPS) is 38.4. The molecule has 4 fully saturated rings. The van der Waals surface area contributed by atoms with Crippen molar-refractivity contribution in [3.8, 4) is 0 Å². The average Bonchev–Trinajstić information content (AvgIpc) is 2.91. The van der Waals surface area contributed by atoms with Crippen LogP contribution in [-0.4, -0.2) is 68.2 Å². The maximum Gasteiger partial charge on any atom is 0.0400 e. The summed E-state index contributed by atoms with van der Waals surface area (Å²) in [5.41, 5.74) is 14.6. The molecule has 0 amide bonds. The molecule has 0 aromatic rings. The topological polar surface area (TPSA) is 0 Å². The molecule has 4 aliphatic heterocycles. The Morgan fingerprint density at radius 2 is 0.231 bits per heavy atom. The predicted octanol–water partition coefficient (Wildman–Crippen LogP) is 15.3. The third-order valence-corrected chi connectivity index (χ3v) is 415. The van der Waals surface area contributed by atoms with E-state index in [0.29, 0.717) is 0 Å². The van der Waals surface area contributed by atoms with Crippen molar-refractivity contribution in [1.29, 1.82) is 0 Å². The molecular weight excluding hydrogens is 785 g/mol. The largest absolute Gasteiger partial charge is 0.0659 e. The molecule has 0 aromatic carbocycles. The molecule has 306 valence electrons. The van der Waals surface area contributed by atoms with Gasteiger partial charge in [0, 0.05) is 68.2 Å². The van der Waals surface area contributed by atoms with E-state index in [9.17, 15) is 0 Å². The van der Waals surface area contributed by atoms with Gasteiger partial charge >= 0.3 is 0 Å². The lowest BCUT2D eigenvalue weighted by Crippen LogP contribution is -3.49. The fourth-order valence-electron chi connectivity index (χ4n) is 25.2. The summed E-state index contributed by atoms with van der Waals surface area (Å²) >= 11 is 0. The monoisotopic (exact) mass is 883 g/mol. The summed E-state index contributed by atoms with van der Waals surface area (Å²) in [7, 11) is -6.85. The van der Waals surface area contributed by atoms with Gasteiger partial charge in [-0.05, 0) is 0 Å². The zero-order valence-electron chi connectivity index (χ0n) is 41.1. The highest BCUT2D eigenvalue weighted by molar-refractivity contribution is 8.71. The van der Waals surface area contributed by atoms with Crippen molar-refractivity contribution in [2.45, 2.75) is 271 Å². The first-order valence-corrected chi connectivity index (χ1v) is 57.5. The second-order valence-electron chi connectivity index (χ2n) is 24.5. The molecule has 0 nitrogen and oxygen atoms in total. The Bertz CT molecular complexity index is 1140. The second-order valence-corrected chi connectivity index (χ2v) is 153. The molecule has 0 spiro atoms. The zero-order valence-corrected chi connectivity index (χ0v) is 51.1. The van der Waals surface area contributed by atoms with Crippen LogP contribution in [-0.2, 0) is 0 Å². The minimum Gasteiger partial charge on any atom is -0.0659 e. The van der Waals surface area contributed by atoms with Crippen molar-refractivity contribution in [3.63, 3.8) is 0 Å². The molecule has 4 rings (SSSR count). The predicted molar refractivity (Wildman–Crippen MR) is 269 cm³/mol. The van der Waals surface area contributed by atoms with E-state index in [-0.39, 0.29) is 0 Å². The van der Waals surface area contributed by atoms with Gasteiger partial charge in [-0.15, -0.1) is 0 Å². The van der Waals surface area contributed by atoms with E-state index in [1.165, 1.54) is 0 Å². The Balaban J connectivity index is 2.72. The zero-order chi connectivity index (χ0) is 41.1. The van der Waals surface area contributed by atoms with E-state index in [4.69, 9.17) is 0 Å². The van der Waals surface area contributed by atoms with Crippen molar-refractivity contribution in [3.05, 3.63) is 0 Å². The maximum absolute atomic E-state index is 3.08. The van der Waals surface area contributed by atoms with E-state index >= 15 is 0 Å². The smallest absolute Gasteiger partial charge is 0.0400 e. The highest BCUT2D eigenvalue weighted by Crippen LogP contribution is 2.98. The minimum atomic E-state index is -1.72. The fourth-order valence-corrected chi connectivity index (χ4v) is 1010. The van der Waals surface area contributed by atoms with Crippen LogP contribution >= 0.6 is 0 Å². The summed E-state index contributed by atoms with van der Waals surface area (Å²) in [6.45, 7) is 73.9. The van der Waals surface area contributed by atoms with E-state index in [0.717, 1.165) is 77.6 Å². The Morgan fingerprint density at radius 1 is 0.135 bits per heavy atom. The van der Waals surface area contributed by atoms with Crippen LogP contribution < -0.4 is 0 Å². The van der Waals surface area contributed by atoms with Gasteiger partial charge < -0.3 is 0 Å². The molecule has 0 aliphatic carbocycles. The van der Waals surface area contributed by atoms with Gasteiger partial charge in [0.05, 0.1) is 0 Å². The third kappa shape index (κ3) is 3.31. The van der Waals surface area contributed by atoms with Crippen molar-refractivity contribution in [2.75, 3.05) is 0 Å². The number of hydrogen-bond donors (Lipinski definition) is 0. The third-order valence-electron chi connectivity index (χ3n) is 20.8. The SMILES string of the molecule is CC(C)[Si]1(C(C)C)[Si](C(C)C)(C(C)C)[Si@]2(C(C)C)[Si]3(C(C)C)[Si](C(C)C)([Si@]12C(C)C)[Si@]1(C(C)C)[Si](C(C)C)(C(C)C)[Si](C(C)C)(C(C)C)[Si@]31C(C)C. The van der Waals surface area contributed by atoms with Gasteiger partial charge in [0.15, 0.2) is 0 Å². The molecule has 0 bridgehead atoms. The summed E-state index contributed by atoms with van der Waals surface area (Å²) in [6.07, 6.45) is 0. The summed E-state index contributed by atoms with van der Waals surface area (Å²) in [6, 6.07) is 0. The number of hydrogen-bond acceptors (Lipinski definition) is 0. The molecule has 0 radical (unpaired) electrons. The van der Waals surface area contributed by atoms with Crippen LogP contribution in [0, 0.1) is 0 Å². The molecule has 4 saturated heterocycles. The van der Waals surface area contributed by atoms with Gasteiger partial charge in [-0.25, -0.2) is 0 Å². The Morgan fingerprint density at radius 3 is 0.288 bits per heavy atom. The van der Waals surface area contributed by atoms with Crippen molar-refractivity contribution in [2.24, 2.45) is 0 Å². The number of fused-ring (bicyclic) bond motifs is 7. The molecule has 4 atom stereocenters. The van der Waals surface area contributed by atoms with Crippen LogP contribution in [0.15, 0.2) is 0 Å². The van der Waals surface area contributed by atoms with Crippen LogP contribution in [0.5, 0.6) is 0 Å². The molecule has 0 unspecified atom stereocenters. The van der Waals surface area contributed by atoms with Crippen molar-refractivity contribution in [1.82, 2.24) is 0 Å². The van der Waals surface area contributed by atoms with Gasteiger partial charge in [-0.2, -0.15) is 0 Å². The summed E-state index contributed by atoms with van der Waals surface area (Å²) in [5.74, 6) is 0. The lowest BCUT2D eigenvalue weighted by atomic mass is 10.5. The van der Waals surface area contributed by atoms with Gasteiger partial charge in [0.25, 0.3) is 0 Å². The highest BCUT2D eigenvalue weighted by atomic mass is 30.9. The maximum atomic E-state index is 3.08. The summed E-state index contributed by atoms with van der Waals surface area (Å²) in [4.78, 5) is 0. The van der Waals surface area contributed by atoms with Crippen LogP contribution in [0.1, 0.15) is 194 Å². The van der Waals surface area contributed by atoms with Crippen LogP contribution in [0.25, 0.3) is 0 Å². The van der Waals surface area contributed by atoms with E-state index in [2.05, 4.69) is 194 Å². The van der Waals surface area contributed by atoms with E-state index in [1.54, 1.807) is 0 Å². The Labute approximate surface area is 337 Å². The first-order chi connectivity index (χ1) is 23.5. The molecule has 0 aromatic heterocycles. The lowest BCUT2D eigenvalue weighted by Gasteiger charge is -3.18. The molecule has 0 N–H and O–H groups in total.